The summed E-state index contributed by atoms with van der Waals surface area (Å²) in [5, 5.41) is 8.11. The lowest BCUT2D eigenvalue weighted by atomic mass is 10.4. The van der Waals surface area contributed by atoms with Gasteiger partial charge < -0.3 is 10.5 Å². The summed E-state index contributed by atoms with van der Waals surface area (Å²) in [6, 6.07) is 0. The van der Waals surface area contributed by atoms with Gasteiger partial charge in [-0.1, -0.05) is 12.1 Å². The second-order valence-corrected chi connectivity index (χ2v) is 3.62. The fraction of sp³-hybridized carbons (Fsp3) is 0.800. The zero-order chi connectivity index (χ0) is 11.8. The predicted molar refractivity (Wildman–Crippen MR) is 61.9 cm³/mol. The summed E-state index contributed by atoms with van der Waals surface area (Å²) in [6.07, 6.45) is 1.95. The minimum Gasteiger partial charge on any atom is -0.383 e. The van der Waals surface area contributed by atoms with E-state index in [4.69, 9.17) is 10.5 Å². The number of ether oxygens (including phenoxy) is 1. The van der Waals surface area contributed by atoms with Gasteiger partial charge in [0, 0.05) is 32.9 Å². The molecule has 6 heteroatoms. The molecule has 0 aliphatic rings. The van der Waals surface area contributed by atoms with Gasteiger partial charge >= 0.3 is 0 Å². The van der Waals surface area contributed by atoms with E-state index in [1.165, 1.54) is 0 Å². The van der Waals surface area contributed by atoms with E-state index in [0.29, 0.717) is 6.54 Å². The van der Waals surface area contributed by atoms with Gasteiger partial charge in [0.1, 0.15) is 0 Å². The van der Waals surface area contributed by atoms with Gasteiger partial charge in [-0.3, -0.25) is 9.58 Å². The third-order valence-electron chi connectivity index (χ3n) is 2.39. The van der Waals surface area contributed by atoms with E-state index in [-0.39, 0.29) is 0 Å². The number of rotatable bonds is 8. The van der Waals surface area contributed by atoms with Crippen LogP contribution in [-0.4, -0.2) is 53.2 Å². The molecule has 0 saturated carbocycles. The first-order valence-corrected chi connectivity index (χ1v) is 5.60. The summed E-state index contributed by atoms with van der Waals surface area (Å²) >= 11 is 0. The number of nitrogens with two attached hydrogens (primary N) is 1. The molecule has 2 N–H and O–H groups in total. The van der Waals surface area contributed by atoms with Gasteiger partial charge in [0.15, 0.2) is 0 Å². The molecule has 0 radical (unpaired) electrons. The van der Waals surface area contributed by atoms with Crippen molar-refractivity contribution < 1.29 is 4.74 Å². The van der Waals surface area contributed by atoms with Crippen molar-refractivity contribution >= 4 is 0 Å². The Balaban J connectivity index is 2.43. The molecule has 0 amide bonds. The molecule has 16 heavy (non-hydrogen) atoms. The Labute approximate surface area is 96.4 Å². The van der Waals surface area contributed by atoms with Gasteiger partial charge in [-0.05, 0) is 6.54 Å². The van der Waals surface area contributed by atoms with Crippen LogP contribution in [0.3, 0.4) is 0 Å². The van der Waals surface area contributed by atoms with E-state index in [1.807, 2.05) is 6.20 Å². The van der Waals surface area contributed by atoms with Crippen molar-refractivity contribution in [1.82, 2.24) is 19.9 Å². The molecule has 0 aliphatic carbocycles. The Bertz CT molecular complexity index is 288. The van der Waals surface area contributed by atoms with Gasteiger partial charge in [0.2, 0.25) is 0 Å². The number of methoxy groups -OCH3 is 1. The predicted octanol–water partition coefficient (Wildman–Crippen LogP) is -0.295. The lowest BCUT2D eigenvalue weighted by molar-refractivity contribution is 0.146. The summed E-state index contributed by atoms with van der Waals surface area (Å²) in [5.74, 6) is 0. The lowest BCUT2D eigenvalue weighted by Gasteiger charge is -2.17. The molecule has 0 fully saturated rings. The zero-order valence-electron chi connectivity index (χ0n) is 10.1. The first kappa shape index (κ1) is 13.1. The molecule has 6 nitrogen and oxygen atoms in total. The molecule has 0 unspecified atom stereocenters. The highest BCUT2D eigenvalue weighted by molar-refractivity contribution is 4.92. The fourth-order valence-corrected chi connectivity index (χ4v) is 1.45. The number of likely N-dealkylation sites (N-methyl/N-ethyl adjacent to an activating group) is 1. The first-order chi connectivity index (χ1) is 7.80. The molecule has 1 aromatic heterocycles. The van der Waals surface area contributed by atoms with E-state index in [9.17, 15) is 0 Å². The molecule has 0 saturated heterocycles. The minimum atomic E-state index is 0.587. The molecule has 0 bridgehead atoms. The van der Waals surface area contributed by atoms with Crippen LogP contribution in [0, 0.1) is 0 Å². The topological polar surface area (TPSA) is 69.2 Å². The summed E-state index contributed by atoms with van der Waals surface area (Å²) < 4.78 is 6.83. The van der Waals surface area contributed by atoms with Crippen LogP contribution in [0.25, 0.3) is 0 Å². The van der Waals surface area contributed by atoms with E-state index >= 15 is 0 Å². The maximum absolute atomic E-state index is 5.45. The van der Waals surface area contributed by atoms with Crippen molar-refractivity contribution in [3.05, 3.63) is 11.9 Å². The molecular formula is C10H21N5O. The fourth-order valence-electron chi connectivity index (χ4n) is 1.45. The molecule has 1 aromatic rings. The van der Waals surface area contributed by atoms with Crippen LogP contribution in [0.15, 0.2) is 6.20 Å². The van der Waals surface area contributed by atoms with Crippen LogP contribution in [0.4, 0.5) is 0 Å². The molecular weight excluding hydrogens is 206 g/mol. The minimum absolute atomic E-state index is 0.587. The largest absolute Gasteiger partial charge is 0.383 e. The molecule has 1 heterocycles. The van der Waals surface area contributed by atoms with Gasteiger partial charge in [-0.2, -0.15) is 0 Å². The number of aromatic nitrogens is 3. The standard InChI is InChI=1S/C10H21N5O/c1-3-14(6-7-16-2)8-10-9-15(5-4-11)13-12-10/h9H,3-8,11H2,1-2H3. The lowest BCUT2D eigenvalue weighted by Crippen LogP contribution is -2.26. The maximum atomic E-state index is 5.45. The Morgan fingerprint density at radius 1 is 1.56 bits per heavy atom. The third-order valence-corrected chi connectivity index (χ3v) is 2.39. The third kappa shape index (κ3) is 4.26. The number of hydrogen-bond donors (Lipinski definition) is 1. The van der Waals surface area contributed by atoms with Crippen molar-refractivity contribution in [2.24, 2.45) is 5.73 Å². The van der Waals surface area contributed by atoms with Crippen LogP contribution in [0.1, 0.15) is 12.6 Å². The van der Waals surface area contributed by atoms with Crippen LogP contribution < -0.4 is 5.73 Å². The average molecular weight is 227 g/mol. The van der Waals surface area contributed by atoms with E-state index in [1.54, 1.807) is 11.8 Å². The normalized spacial score (nSPS) is 11.2. The van der Waals surface area contributed by atoms with E-state index in [0.717, 1.165) is 38.5 Å². The van der Waals surface area contributed by atoms with E-state index < -0.39 is 0 Å². The summed E-state index contributed by atoms with van der Waals surface area (Å²) in [6.45, 7) is 6.88. The Morgan fingerprint density at radius 3 is 3.00 bits per heavy atom. The number of nitrogens with zero attached hydrogens (tertiary/aromatic N) is 4. The van der Waals surface area contributed by atoms with Gasteiger partial charge in [0.25, 0.3) is 0 Å². The van der Waals surface area contributed by atoms with Gasteiger partial charge in [-0.15, -0.1) is 5.10 Å². The highest BCUT2D eigenvalue weighted by atomic mass is 16.5. The molecule has 0 aliphatic heterocycles. The zero-order valence-corrected chi connectivity index (χ0v) is 10.1. The van der Waals surface area contributed by atoms with Crippen LogP contribution in [-0.2, 0) is 17.8 Å². The molecule has 92 valence electrons. The Morgan fingerprint density at radius 2 is 2.38 bits per heavy atom. The van der Waals surface area contributed by atoms with Crippen molar-refractivity contribution in [3.63, 3.8) is 0 Å². The molecule has 0 aromatic carbocycles. The van der Waals surface area contributed by atoms with Crippen LogP contribution in [0.5, 0.6) is 0 Å². The Hall–Kier alpha value is -0.980. The van der Waals surface area contributed by atoms with E-state index in [2.05, 4.69) is 22.1 Å². The van der Waals surface area contributed by atoms with Gasteiger partial charge in [0.05, 0.1) is 18.8 Å². The van der Waals surface area contributed by atoms with Crippen LogP contribution >= 0.6 is 0 Å². The molecule has 0 spiro atoms. The second-order valence-electron chi connectivity index (χ2n) is 3.62. The van der Waals surface area contributed by atoms with Crippen molar-refractivity contribution in [3.8, 4) is 0 Å². The highest BCUT2D eigenvalue weighted by Gasteiger charge is 2.06. The SMILES string of the molecule is CCN(CCOC)Cc1cn(CCN)nn1. The van der Waals surface area contributed by atoms with Crippen molar-refractivity contribution in [2.45, 2.75) is 20.0 Å². The average Bonchev–Trinajstić information content (AvgIpc) is 2.72. The summed E-state index contributed by atoms with van der Waals surface area (Å²) in [4.78, 5) is 2.26. The Kier molecular flexibility index (Phi) is 5.99. The molecule has 1 rings (SSSR count). The first-order valence-electron chi connectivity index (χ1n) is 5.60. The quantitative estimate of drug-likeness (QED) is 0.660. The summed E-state index contributed by atoms with van der Waals surface area (Å²) in [5.41, 5.74) is 6.43. The number of hydrogen-bond acceptors (Lipinski definition) is 5. The molecule has 0 atom stereocenters. The maximum Gasteiger partial charge on any atom is 0.0967 e. The monoisotopic (exact) mass is 227 g/mol. The van der Waals surface area contributed by atoms with Gasteiger partial charge in [-0.25, -0.2) is 0 Å². The summed E-state index contributed by atoms with van der Waals surface area (Å²) in [7, 11) is 1.71. The smallest absolute Gasteiger partial charge is 0.0967 e. The highest BCUT2D eigenvalue weighted by Crippen LogP contribution is 2.00. The van der Waals surface area contributed by atoms with Crippen molar-refractivity contribution in [2.75, 3.05) is 33.4 Å². The van der Waals surface area contributed by atoms with Crippen LogP contribution in [0.2, 0.25) is 0 Å². The second kappa shape index (κ2) is 7.32. The van der Waals surface area contributed by atoms with Crippen molar-refractivity contribution in [1.29, 1.82) is 0 Å².